The second-order valence-corrected chi connectivity index (χ2v) is 26.5. The van der Waals surface area contributed by atoms with Gasteiger partial charge >= 0.3 is 11.9 Å². The lowest BCUT2D eigenvalue weighted by Gasteiger charge is -2.70. The molecule has 12 heteroatoms. The normalized spacial score (nSPS) is 36.7. The fraction of sp³-hybridized carbons (Fsp3) is 0.756. The quantitative estimate of drug-likeness (QED) is 0.110. The van der Waals surface area contributed by atoms with Gasteiger partial charge in [-0.05, 0) is 66.5 Å². The topological polar surface area (TPSA) is 141 Å². The first kappa shape index (κ1) is 42.2. The van der Waals surface area contributed by atoms with Gasteiger partial charge in [-0.3, -0.25) is 4.79 Å². The van der Waals surface area contributed by atoms with Gasteiger partial charge in [0, 0.05) is 30.6 Å². The predicted octanol–water partition coefficient (Wildman–Crippen LogP) is 6.93. The number of carbonyl (C=O) groups is 2. The highest BCUT2D eigenvalue weighted by molar-refractivity contribution is 6.74. The first-order chi connectivity index (χ1) is 24.9. The second kappa shape index (κ2) is 15.2. The van der Waals surface area contributed by atoms with E-state index in [1.807, 2.05) is 27.7 Å². The van der Waals surface area contributed by atoms with Crippen molar-refractivity contribution in [2.45, 2.75) is 173 Å². The summed E-state index contributed by atoms with van der Waals surface area (Å²) >= 11 is 0. The Morgan fingerprint density at radius 1 is 0.887 bits per heavy atom. The monoisotopic (exact) mass is 774 g/mol. The van der Waals surface area contributed by atoms with Gasteiger partial charge < -0.3 is 38.4 Å². The van der Waals surface area contributed by atoms with Gasteiger partial charge in [0.25, 0.3) is 0 Å². The summed E-state index contributed by atoms with van der Waals surface area (Å²) in [6, 6.07) is 13.6. The highest BCUT2D eigenvalue weighted by Gasteiger charge is 2.78. The van der Waals surface area contributed by atoms with E-state index in [0.29, 0.717) is 17.6 Å². The molecule has 0 amide bonds. The van der Waals surface area contributed by atoms with Gasteiger partial charge in [0.2, 0.25) is 0 Å². The van der Waals surface area contributed by atoms with Crippen molar-refractivity contribution in [1.29, 1.82) is 0 Å². The average Bonchev–Trinajstić information content (AvgIpc) is 3.13. The molecule has 2 saturated carbocycles. The standard InChI is InChI=1S/C41H66O10Si2/c1-12-52(13-2,14-3)50-30-23-31-40(25-47-31,49-27(8)42)34-36(48-37(45)28-21-19-18-20-22-28)41(46)24-29(43)26(7)32(38(41,9)10)33(35(44)39(30,34)11)51-53(15-4,16-5)17-6/h18-22,29-31,33-36,43-44,46H,12-17,23-25H2,1-11H3/t29-,30-,31+,33+,34?,35-,36-,39+,40-,41+/m0/s1. The van der Waals surface area contributed by atoms with Crippen molar-refractivity contribution in [3.05, 3.63) is 47.0 Å². The molecule has 298 valence electrons. The van der Waals surface area contributed by atoms with Crippen LogP contribution in [0.2, 0.25) is 36.3 Å². The molecule has 0 spiro atoms. The molecular formula is C41H66O10Si2. The minimum absolute atomic E-state index is 0.0158. The molecule has 1 aromatic rings. The van der Waals surface area contributed by atoms with E-state index in [1.165, 1.54) is 6.92 Å². The van der Waals surface area contributed by atoms with Crippen LogP contribution >= 0.6 is 0 Å². The Bertz CT molecular complexity index is 1510. The molecule has 1 saturated heterocycles. The molecule has 1 aliphatic heterocycles. The second-order valence-electron chi connectivity index (χ2n) is 17.1. The van der Waals surface area contributed by atoms with Crippen LogP contribution in [0.3, 0.4) is 0 Å². The van der Waals surface area contributed by atoms with Gasteiger partial charge in [-0.1, -0.05) is 80.5 Å². The van der Waals surface area contributed by atoms with Crippen LogP contribution in [0.25, 0.3) is 0 Å². The molecule has 3 aliphatic carbocycles. The third kappa shape index (κ3) is 6.54. The molecule has 1 unspecified atom stereocenters. The van der Waals surface area contributed by atoms with Crippen LogP contribution in [0.15, 0.2) is 41.5 Å². The molecular weight excluding hydrogens is 709 g/mol. The van der Waals surface area contributed by atoms with Crippen LogP contribution < -0.4 is 0 Å². The molecule has 5 rings (SSSR count). The van der Waals surface area contributed by atoms with Gasteiger partial charge in [0.15, 0.2) is 22.2 Å². The molecule has 0 radical (unpaired) electrons. The maximum Gasteiger partial charge on any atom is 0.338 e. The highest BCUT2D eigenvalue weighted by Crippen LogP contribution is 2.66. The lowest BCUT2D eigenvalue weighted by molar-refractivity contribution is -0.363. The molecule has 53 heavy (non-hydrogen) atoms. The van der Waals surface area contributed by atoms with Gasteiger partial charge in [0.05, 0.1) is 42.5 Å². The first-order valence-electron chi connectivity index (χ1n) is 20.1. The maximum absolute atomic E-state index is 14.3. The molecule has 3 N–H and O–H groups in total. The Hall–Kier alpha value is -1.91. The molecule has 0 aromatic heterocycles. The predicted molar refractivity (Wildman–Crippen MR) is 208 cm³/mol. The lowest BCUT2D eigenvalue weighted by Crippen LogP contribution is -2.83. The van der Waals surface area contributed by atoms with Gasteiger partial charge in [-0.2, -0.15) is 0 Å². The number of esters is 2. The van der Waals surface area contributed by atoms with Crippen LogP contribution in [0.1, 0.15) is 99.4 Å². The van der Waals surface area contributed by atoms with Crippen molar-refractivity contribution >= 4 is 28.6 Å². The lowest BCUT2D eigenvalue weighted by atomic mass is 9.44. The number of rotatable bonds is 13. The van der Waals surface area contributed by atoms with E-state index in [0.717, 1.165) is 36.3 Å². The zero-order valence-electron chi connectivity index (χ0n) is 34.0. The summed E-state index contributed by atoms with van der Waals surface area (Å²) in [5, 5.41) is 39.1. The highest BCUT2D eigenvalue weighted by atomic mass is 28.4. The zero-order chi connectivity index (χ0) is 39.4. The van der Waals surface area contributed by atoms with Crippen LogP contribution in [-0.4, -0.2) is 98.3 Å². The first-order valence-corrected chi connectivity index (χ1v) is 25.1. The van der Waals surface area contributed by atoms with Crippen molar-refractivity contribution in [3.8, 4) is 0 Å². The van der Waals surface area contributed by atoms with E-state index in [2.05, 4.69) is 41.5 Å². The SMILES string of the molecule is CC[Si](CC)(CC)O[C@@H]1C2=C(C)[C@@H](O)C[C@@](O)([C@@H](OC(=O)c3ccccc3)C3[C@@](C)([C@@H](O[Si](CC)(CC)CC)C[C@H]4OC[C@@]34OC(C)=O)[C@H]1O)C2(C)C. The molecule has 1 heterocycles. The Balaban J connectivity index is 1.90. The van der Waals surface area contributed by atoms with E-state index in [4.69, 9.17) is 23.1 Å². The summed E-state index contributed by atoms with van der Waals surface area (Å²) in [7, 11) is -4.89. The van der Waals surface area contributed by atoms with Crippen molar-refractivity contribution in [2.24, 2.45) is 16.7 Å². The molecule has 10 nitrogen and oxygen atoms in total. The van der Waals surface area contributed by atoms with Crippen LogP contribution in [-0.2, 0) is 27.9 Å². The van der Waals surface area contributed by atoms with E-state index in [1.54, 1.807) is 30.3 Å². The smallest absolute Gasteiger partial charge is 0.338 e. The number of hydrogen-bond donors (Lipinski definition) is 3. The van der Waals surface area contributed by atoms with Gasteiger partial charge in [-0.25, -0.2) is 4.79 Å². The summed E-state index contributed by atoms with van der Waals surface area (Å²) in [6.07, 6.45) is -5.83. The Labute approximate surface area is 319 Å². The fourth-order valence-corrected chi connectivity index (χ4v) is 16.4. The number of benzene rings is 1. The van der Waals surface area contributed by atoms with Crippen molar-refractivity contribution in [2.75, 3.05) is 6.61 Å². The van der Waals surface area contributed by atoms with E-state index >= 15 is 0 Å². The molecule has 1 aromatic carbocycles. The van der Waals surface area contributed by atoms with Gasteiger partial charge in [-0.15, -0.1) is 0 Å². The van der Waals surface area contributed by atoms with E-state index in [-0.39, 0.29) is 18.6 Å². The van der Waals surface area contributed by atoms with Crippen LogP contribution in [0, 0.1) is 16.7 Å². The third-order valence-electron chi connectivity index (χ3n) is 14.8. The summed E-state index contributed by atoms with van der Waals surface area (Å²) < 4.78 is 34.2. The largest absolute Gasteiger partial charge is 0.455 e. The number of fused-ring (bicyclic) bond motifs is 5. The number of ether oxygens (including phenoxy) is 3. The minimum atomic E-state index is -2.49. The summed E-state index contributed by atoms with van der Waals surface area (Å²) in [5.41, 5.74) is -4.27. The number of carbonyl (C=O) groups excluding carboxylic acids is 2. The summed E-state index contributed by atoms with van der Waals surface area (Å²) in [5.74, 6) is -2.24. The van der Waals surface area contributed by atoms with Crippen LogP contribution in [0.4, 0.5) is 0 Å². The zero-order valence-corrected chi connectivity index (χ0v) is 36.0. The van der Waals surface area contributed by atoms with Crippen molar-refractivity contribution < 1.29 is 48.0 Å². The van der Waals surface area contributed by atoms with Crippen molar-refractivity contribution in [1.82, 2.24) is 0 Å². The van der Waals surface area contributed by atoms with Crippen LogP contribution in [0.5, 0.6) is 0 Å². The summed E-state index contributed by atoms with van der Waals surface area (Å²) in [6.45, 7) is 21.8. The van der Waals surface area contributed by atoms with E-state index < -0.39 is 93.1 Å². The average molecular weight is 775 g/mol. The molecule has 3 fully saturated rings. The Morgan fingerprint density at radius 3 is 1.92 bits per heavy atom. The Morgan fingerprint density at radius 2 is 1.43 bits per heavy atom. The Kier molecular flexibility index (Phi) is 12.1. The maximum atomic E-state index is 14.3. The summed E-state index contributed by atoms with van der Waals surface area (Å²) in [4.78, 5) is 27.5. The molecule has 2 bridgehead atoms. The van der Waals surface area contributed by atoms with Crippen molar-refractivity contribution in [3.63, 3.8) is 0 Å². The number of hydrogen-bond acceptors (Lipinski definition) is 10. The van der Waals surface area contributed by atoms with E-state index in [9.17, 15) is 24.9 Å². The molecule has 4 aliphatic rings. The minimum Gasteiger partial charge on any atom is -0.455 e. The fourth-order valence-electron chi connectivity index (χ4n) is 10.7. The molecule has 10 atom stereocenters. The number of aliphatic hydroxyl groups excluding tert-OH is 2. The van der Waals surface area contributed by atoms with Gasteiger partial charge in [0.1, 0.15) is 17.8 Å². The third-order valence-corrected chi connectivity index (χ3v) is 24.0. The number of aliphatic hydroxyl groups is 3.